The van der Waals surface area contributed by atoms with E-state index in [0.717, 1.165) is 36.8 Å². The Labute approximate surface area is 245 Å². The SMILES string of the molecule is COc1cccc(CN(C(=O)COc2ccc(C(C)(C)C)cc2)C(Cc2ccccc2)C(=O)NC2CCCCC2)c1. The Morgan fingerprint density at radius 3 is 2.22 bits per heavy atom. The molecule has 1 unspecified atom stereocenters. The van der Waals surface area contributed by atoms with Crippen molar-refractivity contribution in [3.8, 4) is 11.5 Å². The summed E-state index contributed by atoms with van der Waals surface area (Å²) in [5.41, 5.74) is 3.10. The number of benzene rings is 3. The molecule has 6 heteroatoms. The molecule has 0 spiro atoms. The third-order valence-electron chi connectivity index (χ3n) is 7.79. The molecule has 0 aromatic heterocycles. The van der Waals surface area contributed by atoms with Gasteiger partial charge in [0.2, 0.25) is 5.91 Å². The number of carbonyl (C=O) groups is 2. The fourth-order valence-electron chi connectivity index (χ4n) is 5.34. The van der Waals surface area contributed by atoms with E-state index < -0.39 is 6.04 Å². The largest absolute Gasteiger partial charge is 0.497 e. The normalized spacial score (nSPS) is 14.6. The Morgan fingerprint density at radius 1 is 0.878 bits per heavy atom. The van der Waals surface area contributed by atoms with Crippen molar-refractivity contribution in [2.75, 3.05) is 13.7 Å². The van der Waals surface area contributed by atoms with E-state index in [2.05, 4.69) is 26.1 Å². The fraction of sp³-hybridized carbons (Fsp3) is 0.429. The average Bonchev–Trinajstić information content (AvgIpc) is 2.98. The summed E-state index contributed by atoms with van der Waals surface area (Å²) in [5.74, 6) is 0.967. The average molecular weight is 557 g/mol. The van der Waals surface area contributed by atoms with Crippen molar-refractivity contribution >= 4 is 11.8 Å². The lowest BCUT2D eigenvalue weighted by molar-refractivity contribution is -0.143. The highest BCUT2D eigenvalue weighted by Crippen LogP contribution is 2.25. The van der Waals surface area contributed by atoms with E-state index in [1.807, 2.05) is 78.9 Å². The van der Waals surface area contributed by atoms with Crippen molar-refractivity contribution in [1.82, 2.24) is 10.2 Å². The number of hydrogen-bond acceptors (Lipinski definition) is 4. The van der Waals surface area contributed by atoms with Crippen LogP contribution in [0.1, 0.15) is 69.6 Å². The fourth-order valence-corrected chi connectivity index (χ4v) is 5.34. The monoisotopic (exact) mass is 556 g/mol. The van der Waals surface area contributed by atoms with Gasteiger partial charge in [-0.3, -0.25) is 9.59 Å². The van der Waals surface area contributed by atoms with Gasteiger partial charge in [0.1, 0.15) is 17.5 Å². The standard InChI is InChI=1S/C35H44N2O4/c1-35(2,3)28-18-20-30(21-19-28)41-25-33(38)37(24-27-14-11-17-31(22-27)40-4)32(23-26-12-7-5-8-13-26)34(39)36-29-15-9-6-10-16-29/h5,7-8,11-14,17-22,29,32H,6,9-10,15-16,23-25H2,1-4H3,(H,36,39). The van der Waals surface area contributed by atoms with Crippen LogP contribution in [0.4, 0.5) is 0 Å². The number of hydrogen-bond donors (Lipinski definition) is 1. The zero-order chi connectivity index (χ0) is 29.2. The van der Waals surface area contributed by atoms with Crippen LogP contribution in [0.5, 0.6) is 11.5 Å². The van der Waals surface area contributed by atoms with Gasteiger partial charge in [-0.05, 0) is 59.2 Å². The number of nitrogens with one attached hydrogen (secondary N) is 1. The molecule has 0 radical (unpaired) electrons. The summed E-state index contributed by atoms with van der Waals surface area (Å²) in [7, 11) is 1.62. The van der Waals surface area contributed by atoms with E-state index in [1.165, 1.54) is 12.0 Å². The summed E-state index contributed by atoms with van der Waals surface area (Å²) in [6.07, 6.45) is 5.79. The van der Waals surface area contributed by atoms with Gasteiger partial charge in [0.05, 0.1) is 7.11 Å². The Hall–Kier alpha value is -3.80. The molecule has 218 valence electrons. The lowest BCUT2D eigenvalue weighted by atomic mass is 9.87. The van der Waals surface area contributed by atoms with Gasteiger partial charge in [0, 0.05) is 19.0 Å². The number of ether oxygens (including phenoxy) is 2. The molecule has 1 aliphatic rings. The maximum Gasteiger partial charge on any atom is 0.261 e. The van der Waals surface area contributed by atoms with Crippen LogP contribution in [0.15, 0.2) is 78.9 Å². The smallest absolute Gasteiger partial charge is 0.261 e. The van der Waals surface area contributed by atoms with Crippen LogP contribution >= 0.6 is 0 Å². The minimum Gasteiger partial charge on any atom is -0.497 e. The second-order valence-electron chi connectivity index (χ2n) is 12.0. The van der Waals surface area contributed by atoms with Crippen molar-refractivity contribution in [3.63, 3.8) is 0 Å². The van der Waals surface area contributed by atoms with Crippen molar-refractivity contribution < 1.29 is 19.1 Å². The Balaban J connectivity index is 1.60. The van der Waals surface area contributed by atoms with Crippen molar-refractivity contribution in [2.24, 2.45) is 0 Å². The lowest BCUT2D eigenvalue weighted by Crippen LogP contribution is -2.53. The summed E-state index contributed by atoms with van der Waals surface area (Å²) in [5, 5.41) is 3.28. The summed E-state index contributed by atoms with van der Waals surface area (Å²) in [6.45, 7) is 6.58. The van der Waals surface area contributed by atoms with Gasteiger partial charge in [-0.1, -0.05) is 94.6 Å². The van der Waals surface area contributed by atoms with Crippen molar-refractivity contribution in [3.05, 3.63) is 95.6 Å². The van der Waals surface area contributed by atoms with Gasteiger partial charge in [-0.2, -0.15) is 0 Å². The third kappa shape index (κ3) is 8.84. The molecule has 41 heavy (non-hydrogen) atoms. The molecule has 1 fully saturated rings. The molecule has 0 saturated heterocycles. The zero-order valence-electron chi connectivity index (χ0n) is 24.9. The van der Waals surface area contributed by atoms with Gasteiger partial charge in [-0.15, -0.1) is 0 Å². The quantitative estimate of drug-likeness (QED) is 0.294. The van der Waals surface area contributed by atoms with Crippen LogP contribution in [0.2, 0.25) is 0 Å². The molecule has 3 aromatic rings. The molecule has 0 aliphatic heterocycles. The third-order valence-corrected chi connectivity index (χ3v) is 7.79. The molecular formula is C35H44N2O4. The first-order chi connectivity index (χ1) is 19.7. The molecule has 4 rings (SSSR count). The zero-order valence-corrected chi connectivity index (χ0v) is 24.9. The van der Waals surface area contributed by atoms with Gasteiger partial charge < -0.3 is 19.7 Å². The van der Waals surface area contributed by atoms with Crippen LogP contribution in [-0.4, -0.2) is 42.5 Å². The highest BCUT2D eigenvalue weighted by molar-refractivity contribution is 5.88. The maximum absolute atomic E-state index is 13.9. The molecule has 1 N–H and O–H groups in total. The predicted octanol–water partition coefficient (Wildman–Crippen LogP) is 6.46. The van der Waals surface area contributed by atoms with E-state index in [-0.39, 0.29) is 36.4 Å². The number of nitrogens with zero attached hydrogens (tertiary/aromatic N) is 1. The Morgan fingerprint density at radius 2 is 1.56 bits per heavy atom. The van der Waals surface area contributed by atoms with E-state index in [9.17, 15) is 9.59 Å². The van der Waals surface area contributed by atoms with Gasteiger partial charge in [0.15, 0.2) is 6.61 Å². The molecule has 6 nitrogen and oxygen atoms in total. The number of amides is 2. The summed E-state index contributed by atoms with van der Waals surface area (Å²) in [4.78, 5) is 29.5. The van der Waals surface area contributed by atoms with Gasteiger partial charge in [-0.25, -0.2) is 0 Å². The van der Waals surface area contributed by atoms with Crippen LogP contribution < -0.4 is 14.8 Å². The van der Waals surface area contributed by atoms with Gasteiger partial charge in [0.25, 0.3) is 5.91 Å². The first kappa shape index (κ1) is 30.2. The molecule has 1 atom stereocenters. The molecular weight excluding hydrogens is 512 g/mol. The Bertz CT molecular complexity index is 1260. The second kappa shape index (κ2) is 14.2. The molecule has 1 saturated carbocycles. The number of rotatable bonds is 11. The maximum atomic E-state index is 13.9. The van der Waals surface area contributed by atoms with Crippen molar-refractivity contribution in [1.29, 1.82) is 0 Å². The molecule has 2 amide bonds. The first-order valence-corrected chi connectivity index (χ1v) is 14.7. The van der Waals surface area contributed by atoms with Crippen LogP contribution in [0.25, 0.3) is 0 Å². The van der Waals surface area contributed by atoms with Gasteiger partial charge >= 0.3 is 0 Å². The second-order valence-corrected chi connectivity index (χ2v) is 12.0. The Kier molecular flexibility index (Phi) is 10.4. The number of carbonyl (C=O) groups excluding carboxylic acids is 2. The molecule has 0 heterocycles. The number of methoxy groups -OCH3 is 1. The summed E-state index contributed by atoms with van der Waals surface area (Å²) >= 11 is 0. The van der Waals surface area contributed by atoms with Crippen LogP contribution in [-0.2, 0) is 28.0 Å². The van der Waals surface area contributed by atoms with Crippen molar-refractivity contribution in [2.45, 2.75) is 83.3 Å². The van der Waals surface area contributed by atoms with Crippen LogP contribution in [0.3, 0.4) is 0 Å². The van der Waals surface area contributed by atoms with E-state index in [1.54, 1.807) is 12.0 Å². The highest BCUT2D eigenvalue weighted by atomic mass is 16.5. The van der Waals surface area contributed by atoms with E-state index in [4.69, 9.17) is 9.47 Å². The highest BCUT2D eigenvalue weighted by Gasteiger charge is 2.32. The van der Waals surface area contributed by atoms with E-state index >= 15 is 0 Å². The van der Waals surface area contributed by atoms with Crippen LogP contribution in [0, 0.1) is 0 Å². The first-order valence-electron chi connectivity index (χ1n) is 14.7. The van der Waals surface area contributed by atoms with E-state index in [0.29, 0.717) is 17.9 Å². The summed E-state index contributed by atoms with van der Waals surface area (Å²) in [6, 6.07) is 24.8. The molecule has 3 aromatic carbocycles. The minimum atomic E-state index is -0.690. The lowest BCUT2D eigenvalue weighted by Gasteiger charge is -2.33. The topological polar surface area (TPSA) is 67.9 Å². The predicted molar refractivity (Wildman–Crippen MR) is 163 cm³/mol. The minimum absolute atomic E-state index is 0.0260. The molecule has 1 aliphatic carbocycles. The molecule has 0 bridgehead atoms. The summed E-state index contributed by atoms with van der Waals surface area (Å²) < 4.78 is 11.4.